The van der Waals surface area contributed by atoms with E-state index in [1.807, 2.05) is 0 Å². The average Bonchev–Trinajstić information content (AvgIpc) is 3.33. The van der Waals surface area contributed by atoms with Crippen molar-refractivity contribution in [2.24, 2.45) is 10.9 Å². The maximum atomic E-state index is 13.2. The van der Waals surface area contributed by atoms with E-state index in [1.54, 1.807) is 0 Å². The number of allylic oxidation sites excluding steroid dienone is 1. The lowest BCUT2D eigenvalue weighted by atomic mass is 9.89. The van der Waals surface area contributed by atoms with Gasteiger partial charge in [-0.15, -0.1) is 0 Å². The van der Waals surface area contributed by atoms with Crippen LogP contribution in [0.5, 0.6) is 0 Å². The van der Waals surface area contributed by atoms with Crippen LogP contribution in [0.25, 0.3) is 0 Å². The normalized spacial score (nSPS) is 20.8. The van der Waals surface area contributed by atoms with Gasteiger partial charge in [-0.05, 0) is 43.5 Å². The highest BCUT2D eigenvalue weighted by atomic mass is 19.1. The Balaban J connectivity index is 2.14. The molecule has 1 aromatic carbocycles. The first kappa shape index (κ1) is 16.2. The van der Waals surface area contributed by atoms with Gasteiger partial charge in [0.05, 0.1) is 10.6 Å². The van der Waals surface area contributed by atoms with E-state index in [-0.39, 0.29) is 11.3 Å². The van der Waals surface area contributed by atoms with Crippen molar-refractivity contribution in [1.82, 2.24) is 0 Å². The number of halogens is 1. The van der Waals surface area contributed by atoms with E-state index in [0.29, 0.717) is 17.9 Å². The monoisotopic (exact) mass is 330 g/mol. The lowest BCUT2D eigenvalue weighted by Gasteiger charge is -2.20. The third-order valence-electron chi connectivity index (χ3n) is 4.20. The van der Waals surface area contributed by atoms with Gasteiger partial charge < -0.3 is 0 Å². The highest BCUT2D eigenvalue weighted by Gasteiger charge is 2.43. The number of Topliss-reactive ketones (excluding diaryl/α,β-unsaturated/α-hetero) is 2. The number of carbonyl (C=O) groups excluding carboxylic acids is 2. The summed E-state index contributed by atoms with van der Waals surface area (Å²) in [7, 11) is 0. The van der Waals surface area contributed by atoms with Crippen LogP contribution in [0, 0.1) is 21.8 Å². The summed E-state index contributed by atoms with van der Waals surface area (Å²) >= 11 is 0. The van der Waals surface area contributed by atoms with Crippen LogP contribution in [0.2, 0.25) is 0 Å². The zero-order chi connectivity index (χ0) is 17.4. The van der Waals surface area contributed by atoms with Crippen molar-refractivity contribution in [3.63, 3.8) is 0 Å². The molecule has 0 N–H and O–H groups in total. The number of benzene rings is 1. The van der Waals surface area contributed by atoms with Gasteiger partial charge in [-0.25, -0.2) is 4.39 Å². The highest BCUT2D eigenvalue weighted by molar-refractivity contribution is 6.33. The van der Waals surface area contributed by atoms with Crippen molar-refractivity contribution in [3.8, 4) is 0 Å². The Morgan fingerprint density at radius 3 is 2.46 bits per heavy atom. The van der Waals surface area contributed by atoms with Crippen LogP contribution < -0.4 is 0 Å². The molecule has 1 saturated carbocycles. The molecule has 1 aliphatic heterocycles. The van der Waals surface area contributed by atoms with E-state index in [9.17, 15) is 24.1 Å². The van der Waals surface area contributed by atoms with E-state index in [4.69, 9.17) is 0 Å². The number of dihydropyridines is 1. The van der Waals surface area contributed by atoms with Gasteiger partial charge in [-0.1, -0.05) is 12.8 Å². The van der Waals surface area contributed by atoms with E-state index in [0.717, 1.165) is 19.8 Å². The lowest BCUT2D eigenvalue weighted by Crippen LogP contribution is -2.35. The summed E-state index contributed by atoms with van der Waals surface area (Å²) in [5, 5.41) is 11.4. The Kier molecular flexibility index (Phi) is 4.09. The Labute approximate surface area is 137 Å². The molecule has 24 heavy (non-hydrogen) atoms. The van der Waals surface area contributed by atoms with Gasteiger partial charge in [0.1, 0.15) is 17.4 Å². The molecule has 0 bridgehead atoms. The molecule has 1 aliphatic carbocycles. The van der Waals surface area contributed by atoms with E-state index < -0.39 is 34.0 Å². The fourth-order valence-corrected chi connectivity index (χ4v) is 2.84. The molecule has 7 heteroatoms. The van der Waals surface area contributed by atoms with Crippen LogP contribution in [0.3, 0.4) is 0 Å². The molecule has 6 nitrogen and oxygen atoms in total. The number of nitro groups is 1. The molecular formula is C17H15FN2O4. The second kappa shape index (κ2) is 6.07. The Morgan fingerprint density at radius 2 is 1.96 bits per heavy atom. The van der Waals surface area contributed by atoms with Crippen molar-refractivity contribution in [3.05, 3.63) is 57.0 Å². The number of aliphatic imine (C=N–C) groups is 1. The highest BCUT2D eigenvalue weighted by Crippen LogP contribution is 2.36. The fraction of sp³-hybridized carbons (Fsp3) is 0.353. The number of hydrogen-bond acceptors (Lipinski definition) is 5. The molecule has 1 heterocycles. The van der Waals surface area contributed by atoms with E-state index >= 15 is 0 Å². The first-order chi connectivity index (χ1) is 11.4. The van der Waals surface area contributed by atoms with E-state index in [2.05, 4.69) is 4.99 Å². The second-order valence-corrected chi connectivity index (χ2v) is 6.08. The Morgan fingerprint density at radius 1 is 1.33 bits per heavy atom. The molecule has 0 saturated heterocycles. The molecule has 1 atom stereocenters. The van der Waals surface area contributed by atoms with Crippen LogP contribution >= 0.6 is 0 Å². The Hall–Kier alpha value is -2.70. The number of hydrogen-bond donors (Lipinski definition) is 0. The molecule has 3 rings (SSSR count). The predicted molar refractivity (Wildman–Crippen MR) is 83.8 cm³/mol. The number of ketones is 2. The zero-order valence-electron chi connectivity index (χ0n) is 13.0. The molecule has 0 aromatic heterocycles. The van der Waals surface area contributed by atoms with Crippen molar-refractivity contribution in [2.75, 3.05) is 0 Å². The van der Waals surface area contributed by atoms with Gasteiger partial charge in [-0.3, -0.25) is 24.7 Å². The zero-order valence-corrected chi connectivity index (χ0v) is 13.0. The standard InChI is InChI=1S/C17H15FN2O4/c1-9(21)14-15(11-4-6-12(18)7-5-11)19-13(8-10-2-3-10)17(22)16(14)20(23)24/h4-7,10,13H,2-3,8H2,1H3. The molecule has 1 fully saturated rings. The summed E-state index contributed by atoms with van der Waals surface area (Å²) in [5.41, 5.74) is -0.528. The van der Waals surface area contributed by atoms with Gasteiger partial charge in [0.25, 0.3) is 5.78 Å². The third kappa shape index (κ3) is 3.02. The first-order valence-electron chi connectivity index (χ1n) is 7.66. The van der Waals surface area contributed by atoms with Crippen LogP contribution in [0.15, 0.2) is 40.5 Å². The van der Waals surface area contributed by atoms with Crippen molar-refractivity contribution in [1.29, 1.82) is 0 Å². The first-order valence-corrected chi connectivity index (χ1v) is 7.66. The average molecular weight is 330 g/mol. The largest absolute Gasteiger partial charge is 0.327 e. The number of nitrogens with zero attached hydrogens (tertiary/aromatic N) is 2. The molecule has 0 amide bonds. The molecular weight excluding hydrogens is 315 g/mol. The Bertz CT molecular complexity index is 791. The smallest absolute Gasteiger partial charge is 0.294 e. The fourth-order valence-electron chi connectivity index (χ4n) is 2.84. The minimum absolute atomic E-state index is 0.0967. The molecule has 0 spiro atoms. The van der Waals surface area contributed by atoms with Crippen molar-refractivity contribution >= 4 is 17.3 Å². The molecule has 124 valence electrons. The summed E-state index contributed by atoms with van der Waals surface area (Å²) in [4.78, 5) is 39.4. The number of carbonyl (C=O) groups is 2. The van der Waals surface area contributed by atoms with Crippen LogP contribution in [-0.4, -0.2) is 28.2 Å². The maximum absolute atomic E-state index is 13.2. The van der Waals surface area contributed by atoms with Gasteiger partial charge in [0.15, 0.2) is 5.78 Å². The summed E-state index contributed by atoms with van der Waals surface area (Å²) in [6.07, 6.45) is 2.39. The van der Waals surface area contributed by atoms with Crippen LogP contribution in [0.4, 0.5) is 4.39 Å². The summed E-state index contributed by atoms with van der Waals surface area (Å²) < 4.78 is 13.2. The van der Waals surface area contributed by atoms with Crippen molar-refractivity contribution < 1.29 is 18.9 Å². The summed E-state index contributed by atoms with van der Waals surface area (Å²) in [5.74, 6) is -1.46. The molecule has 0 radical (unpaired) electrons. The maximum Gasteiger partial charge on any atom is 0.327 e. The SMILES string of the molecule is CC(=O)C1=C([N+](=O)[O-])C(=O)C(CC2CC2)N=C1c1ccc(F)cc1. The van der Waals surface area contributed by atoms with Gasteiger partial charge >= 0.3 is 5.70 Å². The van der Waals surface area contributed by atoms with Gasteiger partial charge in [0, 0.05) is 5.56 Å². The van der Waals surface area contributed by atoms with Gasteiger partial charge in [-0.2, -0.15) is 0 Å². The topological polar surface area (TPSA) is 89.6 Å². The quantitative estimate of drug-likeness (QED) is 0.613. The summed E-state index contributed by atoms with van der Waals surface area (Å²) in [6.45, 7) is 1.16. The minimum Gasteiger partial charge on any atom is -0.294 e. The molecule has 2 aliphatic rings. The lowest BCUT2D eigenvalue weighted by molar-refractivity contribution is -0.419. The molecule has 1 unspecified atom stereocenters. The third-order valence-corrected chi connectivity index (χ3v) is 4.20. The second-order valence-electron chi connectivity index (χ2n) is 6.08. The number of rotatable bonds is 5. The minimum atomic E-state index is -0.860. The van der Waals surface area contributed by atoms with E-state index in [1.165, 1.54) is 24.3 Å². The van der Waals surface area contributed by atoms with Crippen molar-refractivity contribution in [2.45, 2.75) is 32.2 Å². The molecule has 1 aromatic rings. The predicted octanol–water partition coefficient (Wildman–Crippen LogP) is 2.49. The van der Waals surface area contributed by atoms with Crippen LogP contribution in [0.1, 0.15) is 31.7 Å². The summed E-state index contributed by atoms with van der Waals surface area (Å²) in [6, 6.07) is 4.32. The van der Waals surface area contributed by atoms with Crippen LogP contribution in [-0.2, 0) is 9.59 Å². The van der Waals surface area contributed by atoms with Gasteiger partial charge in [0.2, 0.25) is 0 Å².